The minimum absolute atomic E-state index is 0.0223. The summed E-state index contributed by atoms with van der Waals surface area (Å²) in [5.41, 5.74) is 2.56. The molecule has 1 aliphatic rings. The molecule has 0 saturated heterocycles. The van der Waals surface area contributed by atoms with Crippen molar-refractivity contribution in [2.75, 3.05) is 55.4 Å². The average Bonchev–Trinajstić information content (AvgIpc) is 3.60. The zero-order chi connectivity index (χ0) is 53.9. The van der Waals surface area contributed by atoms with Gasteiger partial charge in [0.1, 0.15) is 35.1 Å². The number of esters is 1. The molecule has 3 atom stereocenters. The molecule has 27 heteroatoms. The molecule has 5 rings (SSSR count). The Kier molecular flexibility index (Phi) is 26.4. The molecule has 4 N–H and O–H groups in total. The standard InChI is InChI=1S/C15H14Cl2F3N3O3.C15H22ClNO2.C11H11Cl2NO2.C3H8NO5P/c1-3-26-13(24)10(17)4-8-5-12(11(18)6-9(8)16)23-15(25)22(14(19)20)7(2)21-23;1-5-13-8-6-7-11(2)15(13)17(14(18)9-16)12(3)10-19-4;1-7-6-16-9-5-3-2-4-8(9)14(7)11(15)10(12)13;5-3(6)1-4-2-10(7,8)9/h5-6,10,14H,3-4H2,1-2H3;6-8,12H,5,9-10H2,1-4H3;2-5,7,10H,6H2,1H3;4H,1-2H2,(H,5,6)(H2,7,8,9). The number of ether oxygens (including phenoxy) is 3. The lowest BCUT2D eigenvalue weighted by atomic mass is 10.0. The molecular formula is C44H55Cl5F3N6O12P. The van der Waals surface area contributed by atoms with Crippen LogP contribution in [0.3, 0.4) is 0 Å². The monoisotopic (exact) mass is 1120 g/mol. The summed E-state index contributed by atoms with van der Waals surface area (Å²) in [5, 5.41) is 12.6. The van der Waals surface area contributed by atoms with E-state index in [-0.39, 0.29) is 69.5 Å². The maximum atomic E-state index is 14.2. The number of carbonyl (C=O) groups is 4. The van der Waals surface area contributed by atoms with E-state index in [9.17, 15) is 41.7 Å². The van der Waals surface area contributed by atoms with Gasteiger partial charge in [-0.1, -0.05) is 72.1 Å². The number of para-hydroxylation sites is 3. The largest absolute Gasteiger partial charge is 0.489 e. The van der Waals surface area contributed by atoms with Crippen molar-refractivity contribution in [3.8, 4) is 11.4 Å². The van der Waals surface area contributed by atoms with Gasteiger partial charge >= 0.3 is 31.8 Å². The number of hydrogen-bond acceptors (Lipinski definition) is 11. The number of rotatable bonds is 17. The van der Waals surface area contributed by atoms with Crippen LogP contribution in [0.15, 0.2) is 59.4 Å². The maximum Gasteiger partial charge on any atom is 0.355 e. The number of carboxylic acids is 1. The molecule has 2 amide bonds. The number of alkyl halides is 6. The van der Waals surface area contributed by atoms with Crippen molar-refractivity contribution in [3.63, 3.8) is 0 Å². The molecule has 0 fully saturated rings. The zero-order valence-corrected chi connectivity index (χ0v) is 44.1. The number of aryl methyl sites for hydroxylation is 3. The first-order valence-electron chi connectivity index (χ1n) is 21.3. The van der Waals surface area contributed by atoms with Gasteiger partial charge in [-0.3, -0.25) is 29.1 Å². The number of halogens is 8. The highest BCUT2D eigenvalue weighted by atomic mass is 35.5. The van der Waals surface area contributed by atoms with Crippen LogP contribution in [0.5, 0.6) is 5.75 Å². The highest BCUT2D eigenvalue weighted by molar-refractivity contribution is 7.51. The molecule has 4 aromatic rings. The van der Waals surface area contributed by atoms with Gasteiger partial charge in [-0.25, -0.2) is 13.8 Å². The Balaban J connectivity index is 0.000000341. The van der Waals surface area contributed by atoms with Crippen LogP contribution in [0.4, 0.5) is 24.5 Å². The maximum absolute atomic E-state index is 14.2. The van der Waals surface area contributed by atoms with Crippen molar-refractivity contribution in [1.82, 2.24) is 19.7 Å². The van der Waals surface area contributed by atoms with Gasteiger partial charge in [0.05, 0.1) is 49.5 Å². The quantitative estimate of drug-likeness (QED) is 0.0449. The van der Waals surface area contributed by atoms with Crippen LogP contribution in [0.25, 0.3) is 5.69 Å². The number of methoxy groups -OCH3 is 1. The van der Waals surface area contributed by atoms with E-state index < -0.39 is 60.6 Å². The lowest BCUT2D eigenvalue weighted by Gasteiger charge is -2.35. The van der Waals surface area contributed by atoms with Gasteiger partial charge in [0.25, 0.3) is 5.91 Å². The third kappa shape index (κ3) is 18.9. The SMILES string of the molecule is CC1COc2ccccc2N1C(=O)C(Cl)Cl.CCOC(=O)C(Cl)Cc1cc(-n2nc(C)n(C(F)F)c2=O)c(F)cc1Cl.CCc1cccc(C)c1N(C(=O)CCl)C(C)COC.O=C(O)CNCP(=O)(O)O. The normalized spacial score (nSPS) is 13.8. The Morgan fingerprint density at radius 2 is 1.68 bits per heavy atom. The molecule has 0 aliphatic carbocycles. The number of carbonyl (C=O) groups excluding carboxylic acids is 3. The van der Waals surface area contributed by atoms with E-state index in [2.05, 4.69) is 23.4 Å². The van der Waals surface area contributed by atoms with Crippen LogP contribution in [0.1, 0.15) is 56.8 Å². The summed E-state index contributed by atoms with van der Waals surface area (Å²) in [5.74, 6) is -2.81. The van der Waals surface area contributed by atoms with E-state index in [1.807, 2.05) is 57.2 Å². The fraction of sp³-hybridized carbons (Fsp3) is 0.455. The van der Waals surface area contributed by atoms with Crippen LogP contribution in [0, 0.1) is 19.7 Å². The van der Waals surface area contributed by atoms with E-state index in [0.29, 0.717) is 23.6 Å². The molecular weight excluding hydrogens is 1070 g/mol. The molecule has 0 radical (unpaired) electrons. The number of hydrogen-bond donors (Lipinski definition) is 4. The summed E-state index contributed by atoms with van der Waals surface area (Å²) in [4.78, 5) is 76.2. The van der Waals surface area contributed by atoms with E-state index in [4.69, 9.17) is 87.1 Å². The number of benzene rings is 3. The van der Waals surface area contributed by atoms with Gasteiger partial charge in [-0.15, -0.1) is 28.3 Å². The van der Waals surface area contributed by atoms with Crippen LogP contribution in [-0.2, 0) is 46.1 Å². The minimum atomic E-state index is -4.10. The number of aromatic nitrogens is 3. The lowest BCUT2D eigenvalue weighted by molar-refractivity contribution is -0.142. The number of nitrogens with zero attached hydrogens (tertiary/aromatic N) is 5. The first kappa shape index (κ1) is 62.7. The van der Waals surface area contributed by atoms with Crippen LogP contribution in [0.2, 0.25) is 5.02 Å². The molecule has 18 nitrogen and oxygen atoms in total. The highest BCUT2D eigenvalue weighted by Gasteiger charge is 2.32. The van der Waals surface area contributed by atoms with E-state index in [0.717, 1.165) is 41.1 Å². The molecule has 0 bridgehead atoms. The summed E-state index contributed by atoms with van der Waals surface area (Å²) in [6.07, 6.45) is 0.165. The van der Waals surface area contributed by atoms with Crippen molar-refractivity contribution in [3.05, 3.63) is 98.4 Å². The van der Waals surface area contributed by atoms with Crippen molar-refractivity contribution < 1.29 is 66.0 Å². The van der Waals surface area contributed by atoms with E-state index in [1.54, 1.807) is 23.8 Å². The van der Waals surface area contributed by atoms with Gasteiger partial charge in [0, 0.05) is 18.6 Å². The fourth-order valence-corrected chi connectivity index (χ4v) is 7.84. The molecule has 3 aromatic carbocycles. The zero-order valence-electron chi connectivity index (χ0n) is 39.5. The lowest BCUT2D eigenvalue weighted by Crippen LogP contribution is -2.47. The van der Waals surface area contributed by atoms with Crippen LogP contribution in [-0.4, -0.2) is 121 Å². The second-order valence-electron chi connectivity index (χ2n) is 15.1. The molecule has 2 heterocycles. The fourth-order valence-electron chi connectivity index (χ4n) is 6.64. The summed E-state index contributed by atoms with van der Waals surface area (Å²) < 4.78 is 66.2. The topological polar surface area (TPSA) is 232 Å². The van der Waals surface area contributed by atoms with E-state index >= 15 is 0 Å². The smallest absolute Gasteiger partial charge is 0.355 e. The summed E-state index contributed by atoms with van der Waals surface area (Å²) in [6.45, 7) is 8.27. The Hall–Kier alpha value is -4.41. The number of carboxylic acid groups (broad SMARTS) is 1. The Bertz CT molecular complexity index is 2540. The van der Waals surface area contributed by atoms with Gasteiger partial charge in [0.15, 0.2) is 10.7 Å². The summed E-state index contributed by atoms with van der Waals surface area (Å²) >= 11 is 28.9. The second kappa shape index (κ2) is 29.9. The highest BCUT2D eigenvalue weighted by Crippen LogP contribution is 2.35. The van der Waals surface area contributed by atoms with Gasteiger partial charge in [-0.2, -0.15) is 13.5 Å². The predicted octanol–water partition coefficient (Wildman–Crippen LogP) is 7.81. The molecule has 0 spiro atoms. The second-order valence-corrected chi connectivity index (χ2v) is 19.1. The third-order valence-corrected chi connectivity index (χ3v) is 11.6. The van der Waals surface area contributed by atoms with Crippen molar-refractivity contribution in [1.29, 1.82) is 0 Å². The number of anilines is 2. The number of amides is 2. The van der Waals surface area contributed by atoms with Crippen LogP contribution >= 0.6 is 65.6 Å². The molecule has 3 unspecified atom stereocenters. The molecule has 0 saturated carbocycles. The van der Waals surface area contributed by atoms with Gasteiger partial charge in [0.2, 0.25) is 5.91 Å². The first-order chi connectivity index (χ1) is 33.3. The third-order valence-electron chi connectivity index (χ3n) is 9.70. The molecule has 1 aromatic heterocycles. The Morgan fingerprint density at radius 3 is 2.21 bits per heavy atom. The minimum Gasteiger partial charge on any atom is -0.489 e. The van der Waals surface area contributed by atoms with Crippen molar-refractivity contribution in [2.45, 2.75) is 83.2 Å². The van der Waals surface area contributed by atoms with Crippen molar-refractivity contribution >= 4 is 101 Å². The average molecular weight is 1130 g/mol. The first-order valence-corrected chi connectivity index (χ1v) is 25.3. The molecule has 71 heavy (non-hydrogen) atoms. The Morgan fingerprint density at radius 1 is 1.03 bits per heavy atom. The summed E-state index contributed by atoms with van der Waals surface area (Å²) in [6, 6.07) is 15.3. The predicted molar refractivity (Wildman–Crippen MR) is 266 cm³/mol. The Labute approximate surface area is 432 Å². The molecule has 394 valence electrons. The van der Waals surface area contributed by atoms with Crippen molar-refractivity contribution in [2.24, 2.45) is 0 Å². The van der Waals surface area contributed by atoms with Gasteiger partial charge in [-0.05, 0) is 82.0 Å². The number of aliphatic carboxylic acids is 1. The molecule has 1 aliphatic heterocycles. The summed E-state index contributed by atoms with van der Waals surface area (Å²) in [7, 11) is -2.46. The van der Waals surface area contributed by atoms with E-state index in [1.165, 1.54) is 6.92 Å². The van der Waals surface area contributed by atoms with Gasteiger partial charge < -0.3 is 38.9 Å². The van der Waals surface area contributed by atoms with Crippen LogP contribution < -0.4 is 25.5 Å². The number of nitrogens with one attached hydrogen (secondary N) is 1. The number of fused-ring (bicyclic) bond motifs is 1.